The molecule has 0 atom stereocenters. The number of furan rings is 1. The van der Waals surface area contributed by atoms with Crippen molar-refractivity contribution in [3.8, 4) is 56.4 Å². The summed E-state index contributed by atoms with van der Waals surface area (Å²) in [5, 5.41) is 2.23. The molecule has 3 heterocycles. The normalized spacial score (nSPS) is 14.1. The van der Waals surface area contributed by atoms with E-state index in [1.54, 1.807) is 0 Å². The molecule has 2 aliphatic rings. The highest BCUT2D eigenvalue weighted by Crippen LogP contribution is 2.61. The molecule has 0 unspecified atom stereocenters. The summed E-state index contributed by atoms with van der Waals surface area (Å²) < 4.78 is 6.38. The van der Waals surface area contributed by atoms with Crippen LogP contribution in [0.4, 0.5) is 0 Å². The number of aromatic nitrogens is 3. The molecule has 0 fully saturated rings. The van der Waals surface area contributed by atoms with Crippen molar-refractivity contribution in [1.29, 1.82) is 0 Å². The van der Waals surface area contributed by atoms with Crippen molar-refractivity contribution in [3.05, 3.63) is 246 Å². The average Bonchev–Trinajstić information content (AvgIpc) is 3.77. The van der Waals surface area contributed by atoms with E-state index >= 15 is 0 Å². The zero-order chi connectivity index (χ0) is 44.0. The van der Waals surface area contributed by atoms with Crippen LogP contribution < -0.4 is 0 Å². The second-order valence-electron chi connectivity index (χ2n) is 17.9. The molecule has 9 aromatic carbocycles. The Morgan fingerprint density at radius 3 is 1.52 bits per heavy atom. The van der Waals surface area contributed by atoms with Gasteiger partial charge in [-0.2, -0.15) is 0 Å². The standard InChI is InChI=1S/C61H41N3OS/c1-60(2)47-20-7-9-22-49(47)61(50-23-10-8-21-48(50)60)51-24-11-13-26-54(51)66-55-37-43(35-36-52(55)61)38-27-31-41(32-28-38)58-62-57(40-15-4-3-5-16-40)63-59(64-58)42-33-29-39(30-34-42)44-18-14-19-46-45-17-6-12-25-53(45)65-56(44)46/h3-37H,1-2H3. The first-order valence-electron chi connectivity index (χ1n) is 22.5. The number of para-hydroxylation sites is 2. The predicted molar refractivity (Wildman–Crippen MR) is 269 cm³/mol. The van der Waals surface area contributed by atoms with Gasteiger partial charge in [0.25, 0.3) is 0 Å². The summed E-state index contributed by atoms with van der Waals surface area (Å²) in [6, 6.07) is 76.1. The number of rotatable bonds is 5. The fourth-order valence-corrected chi connectivity index (χ4v) is 12.0. The quantitative estimate of drug-likeness (QED) is 0.173. The van der Waals surface area contributed by atoms with Gasteiger partial charge in [0.05, 0.1) is 5.41 Å². The van der Waals surface area contributed by atoms with E-state index in [1.165, 1.54) is 48.7 Å². The Morgan fingerprint density at radius 2 is 0.848 bits per heavy atom. The second kappa shape index (κ2) is 14.8. The van der Waals surface area contributed by atoms with E-state index in [1.807, 2.05) is 54.2 Å². The smallest absolute Gasteiger partial charge is 0.164 e. The van der Waals surface area contributed by atoms with Gasteiger partial charge in [0.2, 0.25) is 0 Å². The fourth-order valence-electron chi connectivity index (χ4n) is 10.7. The summed E-state index contributed by atoms with van der Waals surface area (Å²) >= 11 is 1.88. The molecule has 11 aromatic rings. The maximum absolute atomic E-state index is 6.38. The first-order valence-corrected chi connectivity index (χ1v) is 23.3. The van der Waals surface area contributed by atoms with E-state index in [2.05, 4.69) is 184 Å². The van der Waals surface area contributed by atoms with Crippen molar-refractivity contribution in [1.82, 2.24) is 15.0 Å². The number of hydrogen-bond donors (Lipinski definition) is 0. The molecule has 13 rings (SSSR count). The average molecular weight is 864 g/mol. The van der Waals surface area contributed by atoms with Crippen LogP contribution in [-0.4, -0.2) is 15.0 Å². The molecule has 0 radical (unpaired) electrons. The zero-order valence-electron chi connectivity index (χ0n) is 36.4. The summed E-state index contributed by atoms with van der Waals surface area (Å²) in [5.41, 5.74) is 16.5. The van der Waals surface area contributed by atoms with Crippen LogP contribution in [0.15, 0.2) is 227 Å². The van der Waals surface area contributed by atoms with Gasteiger partial charge in [0, 0.05) is 48.2 Å². The molecule has 0 saturated carbocycles. The van der Waals surface area contributed by atoms with Crippen molar-refractivity contribution in [2.24, 2.45) is 0 Å². The van der Waals surface area contributed by atoms with Crippen LogP contribution in [0.5, 0.6) is 0 Å². The lowest BCUT2D eigenvalue weighted by atomic mass is 9.54. The minimum absolute atomic E-state index is 0.141. The van der Waals surface area contributed by atoms with Gasteiger partial charge in [0.15, 0.2) is 17.5 Å². The van der Waals surface area contributed by atoms with Crippen LogP contribution in [0.3, 0.4) is 0 Å². The monoisotopic (exact) mass is 863 g/mol. The summed E-state index contributed by atoms with van der Waals surface area (Å²) in [4.78, 5) is 17.8. The Bertz CT molecular complexity index is 3650. The topological polar surface area (TPSA) is 51.8 Å². The Balaban J connectivity index is 0.881. The fraction of sp³-hybridized carbons (Fsp3) is 0.0656. The third-order valence-electron chi connectivity index (χ3n) is 13.9. The number of benzene rings is 9. The maximum Gasteiger partial charge on any atom is 0.164 e. The van der Waals surface area contributed by atoms with Gasteiger partial charge in [-0.3, -0.25) is 0 Å². The highest BCUT2D eigenvalue weighted by atomic mass is 32.2. The molecule has 2 aromatic heterocycles. The van der Waals surface area contributed by atoms with Gasteiger partial charge in [0.1, 0.15) is 11.2 Å². The van der Waals surface area contributed by atoms with Gasteiger partial charge in [-0.25, -0.2) is 15.0 Å². The molecule has 312 valence electrons. The molecule has 4 nitrogen and oxygen atoms in total. The third-order valence-corrected chi connectivity index (χ3v) is 15.0. The minimum Gasteiger partial charge on any atom is -0.455 e. The van der Waals surface area contributed by atoms with Crippen molar-refractivity contribution < 1.29 is 4.42 Å². The van der Waals surface area contributed by atoms with E-state index in [4.69, 9.17) is 19.4 Å². The van der Waals surface area contributed by atoms with Crippen LogP contribution in [-0.2, 0) is 10.8 Å². The van der Waals surface area contributed by atoms with Crippen molar-refractivity contribution >= 4 is 33.7 Å². The highest BCUT2D eigenvalue weighted by molar-refractivity contribution is 7.99. The first kappa shape index (κ1) is 38.6. The summed E-state index contributed by atoms with van der Waals surface area (Å²) in [5.74, 6) is 1.87. The lowest BCUT2D eigenvalue weighted by Gasteiger charge is -2.50. The predicted octanol–water partition coefficient (Wildman–Crippen LogP) is 15.6. The molecular weight excluding hydrogens is 823 g/mol. The lowest BCUT2D eigenvalue weighted by Crippen LogP contribution is -2.43. The molecule has 1 aliphatic heterocycles. The van der Waals surface area contributed by atoms with Gasteiger partial charge in [-0.15, -0.1) is 0 Å². The van der Waals surface area contributed by atoms with E-state index in [9.17, 15) is 0 Å². The van der Waals surface area contributed by atoms with Crippen LogP contribution in [0.25, 0.3) is 78.4 Å². The van der Waals surface area contributed by atoms with E-state index in [0.29, 0.717) is 17.5 Å². The SMILES string of the molecule is CC1(C)c2ccccc2C2(c3ccccc3Sc3cc(-c4ccc(-c5nc(-c6ccccc6)nc(-c6ccc(-c7cccc8c7oc7ccccc78)cc6)n5)cc4)ccc32)c2ccccc21. The van der Waals surface area contributed by atoms with Crippen LogP contribution in [0.2, 0.25) is 0 Å². The van der Waals surface area contributed by atoms with E-state index < -0.39 is 5.41 Å². The summed E-state index contributed by atoms with van der Waals surface area (Å²) in [6.07, 6.45) is 0. The van der Waals surface area contributed by atoms with Crippen molar-refractivity contribution in [2.75, 3.05) is 0 Å². The first-order chi connectivity index (χ1) is 32.4. The number of hydrogen-bond acceptors (Lipinski definition) is 5. The lowest BCUT2D eigenvalue weighted by molar-refractivity contribution is 0.549. The molecular formula is C61H41N3OS. The van der Waals surface area contributed by atoms with Crippen LogP contribution >= 0.6 is 11.8 Å². The van der Waals surface area contributed by atoms with Gasteiger partial charge in [-0.1, -0.05) is 220 Å². The van der Waals surface area contributed by atoms with E-state index in [0.717, 1.165) is 55.3 Å². The number of nitrogens with zero attached hydrogens (tertiary/aromatic N) is 3. The number of fused-ring (bicyclic) bond motifs is 11. The van der Waals surface area contributed by atoms with Gasteiger partial charge >= 0.3 is 0 Å². The van der Waals surface area contributed by atoms with Crippen molar-refractivity contribution in [3.63, 3.8) is 0 Å². The van der Waals surface area contributed by atoms with Gasteiger partial charge < -0.3 is 4.42 Å². The Hall–Kier alpha value is -7.86. The molecule has 0 saturated heterocycles. The molecule has 0 bridgehead atoms. The highest BCUT2D eigenvalue weighted by Gasteiger charge is 2.52. The Labute approximate surface area is 387 Å². The van der Waals surface area contributed by atoms with Gasteiger partial charge in [-0.05, 0) is 68.3 Å². The van der Waals surface area contributed by atoms with E-state index in [-0.39, 0.29) is 5.41 Å². The largest absolute Gasteiger partial charge is 0.455 e. The van der Waals surface area contributed by atoms with Crippen LogP contribution in [0.1, 0.15) is 47.2 Å². The second-order valence-corrected chi connectivity index (χ2v) is 19.0. The summed E-state index contributed by atoms with van der Waals surface area (Å²) in [6.45, 7) is 4.75. The molecule has 1 spiro atoms. The molecule has 0 N–H and O–H groups in total. The minimum atomic E-state index is -0.446. The van der Waals surface area contributed by atoms with Crippen LogP contribution in [0, 0.1) is 0 Å². The zero-order valence-corrected chi connectivity index (χ0v) is 37.2. The van der Waals surface area contributed by atoms with Crippen molar-refractivity contribution in [2.45, 2.75) is 34.5 Å². The molecule has 0 amide bonds. The molecule has 1 aliphatic carbocycles. The Morgan fingerprint density at radius 1 is 0.364 bits per heavy atom. The third kappa shape index (κ3) is 5.83. The Kier molecular flexibility index (Phi) is 8.68. The summed E-state index contributed by atoms with van der Waals surface area (Å²) in [7, 11) is 0. The molecule has 5 heteroatoms. The maximum atomic E-state index is 6.38. The molecule has 66 heavy (non-hydrogen) atoms.